The zero-order valence-corrected chi connectivity index (χ0v) is 10.0. The highest BCUT2D eigenvalue weighted by Crippen LogP contribution is 2.28. The summed E-state index contributed by atoms with van der Waals surface area (Å²) in [7, 11) is 0. The van der Waals surface area contributed by atoms with Crippen molar-refractivity contribution in [3.63, 3.8) is 0 Å². The molecular weight excluding hydrogens is 220 g/mol. The summed E-state index contributed by atoms with van der Waals surface area (Å²) in [5.74, 6) is -0.386. The Morgan fingerprint density at radius 2 is 2.06 bits per heavy atom. The number of carboxylic acids is 1. The average molecular weight is 240 g/mol. The third kappa shape index (κ3) is 3.11. The smallest absolute Gasteiger partial charge is 0.317 e. The van der Waals surface area contributed by atoms with E-state index in [1.54, 1.807) is 4.90 Å². The van der Waals surface area contributed by atoms with Crippen molar-refractivity contribution < 1.29 is 14.7 Å². The van der Waals surface area contributed by atoms with Crippen molar-refractivity contribution in [2.75, 3.05) is 19.6 Å². The molecule has 2 aliphatic rings. The highest BCUT2D eigenvalue weighted by molar-refractivity contribution is 5.77. The maximum Gasteiger partial charge on any atom is 0.317 e. The highest BCUT2D eigenvalue weighted by atomic mass is 16.4. The van der Waals surface area contributed by atoms with E-state index in [9.17, 15) is 9.59 Å². The van der Waals surface area contributed by atoms with Gasteiger partial charge < -0.3 is 15.3 Å². The first-order valence-electron chi connectivity index (χ1n) is 6.42. The molecular formula is C12H20N2O3. The van der Waals surface area contributed by atoms with Gasteiger partial charge in [0.2, 0.25) is 0 Å². The van der Waals surface area contributed by atoms with Crippen molar-refractivity contribution in [3.05, 3.63) is 0 Å². The van der Waals surface area contributed by atoms with Crippen LogP contribution in [0.2, 0.25) is 0 Å². The molecule has 1 saturated carbocycles. The largest absolute Gasteiger partial charge is 0.481 e. The zero-order chi connectivity index (χ0) is 12.3. The van der Waals surface area contributed by atoms with Gasteiger partial charge in [0.05, 0.1) is 5.92 Å². The van der Waals surface area contributed by atoms with Gasteiger partial charge in [-0.25, -0.2) is 4.79 Å². The fourth-order valence-electron chi connectivity index (χ4n) is 2.42. The van der Waals surface area contributed by atoms with Crippen molar-refractivity contribution in [1.82, 2.24) is 10.2 Å². The second kappa shape index (κ2) is 5.38. The summed E-state index contributed by atoms with van der Waals surface area (Å²) in [5, 5.41) is 11.7. The summed E-state index contributed by atoms with van der Waals surface area (Å²) in [5.41, 5.74) is 0. The standard InChI is InChI=1S/C12H20N2O3/c15-11(16)10-5-7-14(8-10)12(17)13-6-4-9-2-1-3-9/h9-10H,1-8H2,(H,13,17)(H,15,16). The lowest BCUT2D eigenvalue weighted by molar-refractivity contribution is -0.141. The van der Waals surface area contributed by atoms with E-state index in [0.717, 1.165) is 18.9 Å². The maximum atomic E-state index is 11.7. The van der Waals surface area contributed by atoms with Crippen molar-refractivity contribution in [2.24, 2.45) is 11.8 Å². The average Bonchev–Trinajstić information content (AvgIpc) is 2.70. The fourth-order valence-corrected chi connectivity index (χ4v) is 2.42. The Morgan fingerprint density at radius 3 is 2.59 bits per heavy atom. The fraction of sp³-hybridized carbons (Fsp3) is 0.833. The molecule has 1 saturated heterocycles. The van der Waals surface area contributed by atoms with Crippen molar-refractivity contribution in [1.29, 1.82) is 0 Å². The van der Waals surface area contributed by atoms with Crippen LogP contribution < -0.4 is 5.32 Å². The second-order valence-electron chi connectivity index (χ2n) is 5.09. The summed E-state index contributed by atoms with van der Waals surface area (Å²) in [6, 6.07) is -0.104. The number of carbonyl (C=O) groups excluding carboxylic acids is 1. The van der Waals surface area contributed by atoms with E-state index in [1.807, 2.05) is 0 Å². The molecule has 0 bridgehead atoms. The van der Waals surface area contributed by atoms with Crippen LogP contribution in [0.25, 0.3) is 0 Å². The van der Waals surface area contributed by atoms with Gasteiger partial charge >= 0.3 is 12.0 Å². The van der Waals surface area contributed by atoms with E-state index in [1.165, 1.54) is 19.3 Å². The van der Waals surface area contributed by atoms with Crippen molar-refractivity contribution in [3.8, 4) is 0 Å². The minimum atomic E-state index is -0.797. The van der Waals surface area contributed by atoms with Gasteiger partial charge in [0, 0.05) is 19.6 Å². The quantitative estimate of drug-likeness (QED) is 0.778. The molecule has 1 heterocycles. The summed E-state index contributed by atoms with van der Waals surface area (Å²) in [4.78, 5) is 24.1. The molecule has 0 spiro atoms. The van der Waals surface area contributed by atoms with E-state index in [0.29, 0.717) is 19.5 Å². The zero-order valence-electron chi connectivity index (χ0n) is 10.0. The van der Waals surface area contributed by atoms with Crippen LogP contribution in [-0.4, -0.2) is 41.6 Å². The molecule has 96 valence electrons. The Hall–Kier alpha value is -1.26. The van der Waals surface area contributed by atoms with Crippen LogP contribution in [-0.2, 0) is 4.79 Å². The number of likely N-dealkylation sites (tertiary alicyclic amines) is 1. The number of nitrogens with zero attached hydrogens (tertiary/aromatic N) is 1. The molecule has 2 amide bonds. The van der Waals surface area contributed by atoms with Crippen LogP contribution >= 0.6 is 0 Å². The van der Waals surface area contributed by atoms with E-state index >= 15 is 0 Å². The van der Waals surface area contributed by atoms with E-state index in [4.69, 9.17) is 5.11 Å². The number of hydrogen-bond acceptors (Lipinski definition) is 2. The number of urea groups is 1. The summed E-state index contributed by atoms with van der Waals surface area (Å²) < 4.78 is 0. The summed E-state index contributed by atoms with van der Waals surface area (Å²) >= 11 is 0. The molecule has 1 aliphatic heterocycles. The first-order chi connectivity index (χ1) is 8.16. The first kappa shape index (κ1) is 12.2. The van der Waals surface area contributed by atoms with Crippen LogP contribution in [0.3, 0.4) is 0 Å². The predicted octanol–water partition coefficient (Wildman–Crippen LogP) is 1.29. The number of aliphatic carboxylic acids is 1. The van der Waals surface area contributed by atoms with Gasteiger partial charge in [-0.15, -0.1) is 0 Å². The molecule has 0 aromatic rings. The van der Waals surface area contributed by atoms with Crippen LogP contribution in [0.1, 0.15) is 32.1 Å². The molecule has 0 aromatic carbocycles. The van der Waals surface area contributed by atoms with Gasteiger partial charge in [0.1, 0.15) is 0 Å². The number of nitrogens with one attached hydrogen (secondary N) is 1. The third-order valence-electron chi connectivity index (χ3n) is 3.88. The molecule has 0 aromatic heterocycles. The number of hydrogen-bond donors (Lipinski definition) is 2. The second-order valence-corrected chi connectivity index (χ2v) is 5.09. The van der Waals surface area contributed by atoms with Crippen LogP contribution in [0.15, 0.2) is 0 Å². The molecule has 0 radical (unpaired) electrons. The maximum absolute atomic E-state index is 11.7. The van der Waals surface area contributed by atoms with Gasteiger partial charge in [-0.05, 0) is 18.8 Å². The molecule has 1 atom stereocenters. The molecule has 17 heavy (non-hydrogen) atoms. The number of carbonyl (C=O) groups is 2. The van der Waals surface area contributed by atoms with E-state index in [2.05, 4.69) is 5.32 Å². The highest BCUT2D eigenvalue weighted by Gasteiger charge is 2.30. The molecule has 2 N–H and O–H groups in total. The first-order valence-corrected chi connectivity index (χ1v) is 6.42. The molecule has 5 heteroatoms. The van der Waals surface area contributed by atoms with Crippen LogP contribution in [0.4, 0.5) is 4.79 Å². The van der Waals surface area contributed by atoms with Gasteiger partial charge in [0.25, 0.3) is 0 Å². The van der Waals surface area contributed by atoms with Gasteiger partial charge in [-0.1, -0.05) is 19.3 Å². The normalized spacial score (nSPS) is 24.5. The molecule has 2 rings (SSSR count). The number of rotatable bonds is 4. The van der Waals surface area contributed by atoms with Crippen molar-refractivity contribution in [2.45, 2.75) is 32.1 Å². The van der Waals surface area contributed by atoms with Crippen LogP contribution in [0, 0.1) is 11.8 Å². The third-order valence-corrected chi connectivity index (χ3v) is 3.88. The predicted molar refractivity (Wildman–Crippen MR) is 62.7 cm³/mol. The van der Waals surface area contributed by atoms with E-state index in [-0.39, 0.29) is 11.9 Å². The molecule has 1 aliphatic carbocycles. The lowest BCUT2D eigenvalue weighted by Crippen LogP contribution is -2.40. The number of carboxylic acid groups (broad SMARTS) is 1. The lowest BCUT2D eigenvalue weighted by atomic mass is 9.83. The Kier molecular flexibility index (Phi) is 3.86. The SMILES string of the molecule is O=C(O)C1CCN(C(=O)NCCC2CCC2)C1. The van der Waals surface area contributed by atoms with E-state index < -0.39 is 5.97 Å². The van der Waals surface area contributed by atoms with Crippen LogP contribution in [0.5, 0.6) is 0 Å². The van der Waals surface area contributed by atoms with Gasteiger partial charge in [-0.3, -0.25) is 4.79 Å². The Labute approximate surface area is 101 Å². The monoisotopic (exact) mass is 240 g/mol. The molecule has 1 unspecified atom stereocenters. The summed E-state index contributed by atoms with van der Waals surface area (Å²) in [6.45, 7) is 1.63. The Balaban J connectivity index is 1.64. The molecule has 5 nitrogen and oxygen atoms in total. The lowest BCUT2D eigenvalue weighted by Gasteiger charge is -2.25. The van der Waals surface area contributed by atoms with Gasteiger partial charge in [-0.2, -0.15) is 0 Å². The summed E-state index contributed by atoms with van der Waals surface area (Å²) in [6.07, 6.45) is 5.54. The topological polar surface area (TPSA) is 69.6 Å². The minimum absolute atomic E-state index is 0.104. The Bertz CT molecular complexity index is 302. The van der Waals surface area contributed by atoms with Crippen molar-refractivity contribution >= 4 is 12.0 Å². The molecule has 2 fully saturated rings. The van der Waals surface area contributed by atoms with Gasteiger partial charge in [0.15, 0.2) is 0 Å². The minimum Gasteiger partial charge on any atom is -0.481 e. The Morgan fingerprint density at radius 1 is 1.29 bits per heavy atom. The number of amides is 2.